The van der Waals surface area contributed by atoms with Gasteiger partial charge in [-0.15, -0.1) is 0 Å². The number of nitrogens with one attached hydrogen (secondary N) is 4. The molecule has 196 valence electrons. The number of fused-ring (bicyclic) bond motifs is 6. The third kappa shape index (κ3) is 5.88. The first kappa shape index (κ1) is 25.5. The van der Waals surface area contributed by atoms with Gasteiger partial charge in [-0.2, -0.15) is 0 Å². The number of rotatable bonds is 0. The molecule has 2 fully saturated rings. The fourth-order valence-corrected chi connectivity index (χ4v) is 6.61. The van der Waals surface area contributed by atoms with Gasteiger partial charge in [0, 0.05) is 72.6 Å². The number of aryl methyl sites for hydroxylation is 2. The van der Waals surface area contributed by atoms with Gasteiger partial charge in [0.05, 0.1) is 0 Å². The maximum atomic E-state index is 11.2. The zero-order chi connectivity index (χ0) is 25.1. The van der Waals surface area contributed by atoms with Gasteiger partial charge in [0.1, 0.15) is 11.5 Å². The van der Waals surface area contributed by atoms with Crippen LogP contribution in [0.15, 0.2) is 24.3 Å². The summed E-state index contributed by atoms with van der Waals surface area (Å²) in [6, 6.07) is 9.84. The molecular formula is C30H44N4O2. The second kappa shape index (κ2) is 11.5. The number of aromatic hydroxyl groups is 2. The molecule has 0 spiro atoms. The molecule has 5 rings (SSSR count). The maximum absolute atomic E-state index is 11.2. The van der Waals surface area contributed by atoms with Gasteiger partial charge < -0.3 is 31.5 Å². The van der Waals surface area contributed by atoms with Crippen LogP contribution in [-0.4, -0.2) is 34.4 Å². The van der Waals surface area contributed by atoms with Crippen LogP contribution in [0.5, 0.6) is 11.5 Å². The summed E-state index contributed by atoms with van der Waals surface area (Å²) < 4.78 is 0. The van der Waals surface area contributed by atoms with E-state index in [2.05, 4.69) is 59.4 Å². The molecular weight excluding hydrogens is 448 g/mol. The molecule has 2 aromatic carbocycles. The quantitative estimate of drug-likeness (QED) is 0.327. The number of phenols is 2. The van der Waals surface area contributed by atoms with E-state index in [9.17, 15) is 10.2 Å². The normalized spacial score (nSPS) is 27.8. The standard InChI is InChI=1S/C30H44N4O2/c1-19-11-21-15-31-25-7-3-5-9-27(25)33-17-23-13-20(2)14-24(30(23)36)18-34-28-10-6-4-8-26(28)32-16-22(12-19)29(21)35/h11-14,25-28,31-36H,3-10,15-18H2,1-2H3/t25-,26-,27-,28-/m1/s1. The van der Waals surface area contributed by atoms with Crippen molar-refractivity contribution in [3.05, 3.63) is 57.6 Å². The zero-order valence-electron chi connectivity index (χ0n) is 22.0. The fraction of sp³-hybridized carbons (Fsp3) is 0.600. The third-order valence-electron chi connectivity index (χ3n) is 8.57. The van der Waals surface area contributed by atoms with Gasteiger partial charge in [-0.05, 0) is 39.5 Å². The smallest absolute Gasteiger partial charge is 0.124 e. The highest BCUT2D eigenvalue weighted by atomic mass is 16.3. The highest BCUT2D eigenvalue weighted by molar-refractivity contribution is 5.44. The molecule has 4 atom stereocenters. The van der Waals surface area contributed by atoms with Crippen LogP contribution in [-0.2, 0) is 26.2 Å². The maximum Gasteiger partial charge on any atom is 0.124 e. The summed E-state index contributed by atoms with van der Waals surface area (Å²) in [4.78, 5) is 0. The Balaban J connectivity index is 1.45. The number of hydrogen-bond donors (Lipinski definition) is 6. The molecule has 1 aliphatic heterocycles. The van der Waals surface area contributed by atoms with E-state index in [0.717, 1.165) is 47.9 Å². The Bertz CT molecular complexity index is 898. The Kier molecular flexibility index (Phi) is 8.16. The molecule has 2 aromatic rings. The Morgan fingerprint density at radius 1 is 0.500 bits per heavy atom. The first-order valence-electron chi connectivity index (χ1n) is 14.0. The lowest BCUT2D eigenvalue weighted by Gasteiger charge is -2.34. The van der Waals surface area contributed by atoms with Gasteiger partial charge in [0.25, 0.3) is 0 Å². The minimum absolute atomic E-state index is 0.343. The van der Waals surface area contributed by atoms with Gasteiger partial charge in [-0.25, -0.2) is 0 Å². The van der Waals surface area contributed by atoms with E-state index >= 15 is 0 Å². The van der Waals surface area contributed by atoms with Crippen LogP contribution < -0.4 is 21.3 Å². The lowest BCUT2D eigenvalue weighted by molar-refractivity contribution is 0.275. The first-order valence-corrected chi connectivity index (χ1v) is 14.0. The minimum atomic E-state index is 0.343. The van der Waals surface area contributed by atoms with Gasteiger partial charge in [0.2, 0.25) is 0 Å². The van der Waals surface area contributed by atoms with E-state index in [1.165, 1.54) is 36.8 Å². The van der Waals surface area contributed by atoms with E-state index in [1.54, 1.807) is 0 Å². The summed E-state index contributed by atoms with van der Waals surface area (Å²) in [5.74, 6) is 0.857. The molecule has 3 aliphatic rings. The van der Waals surface area contributed by atoms with Crippen molar-refractivity contribution < 1.29 is 10.2 Å². The van der Waals surface area contributed by atoms with Crippen LogP contribution in [0.1, 0.15) is 84.7 Å². The average Bonchev–Trinajstić information content (AvgIpc) is 2.88. The minimum Gasteiger partial charge on any atom is -0.507 e. The zero-order valence-corrected chi connectivity index (χ0v) is 22.0. The summed E-state index contributed by atoms with van der Waals surface area (Å²) in [5, 5.41) is 37.4. The van der Waals surface area contributed by atoms with Gasteiger partial charge in [0.15, 0.2) is 0 Å². The van der Waals surface area contributed by atoms with Gasteiger partial charge in [-0.3, -0.25) is 0 Å². The van der Waals surface area contributed by atoms with E-state index in [1.807, 2.05) is 0 Å². The number of phenolic OH excluding ortho intramolecular Hbond substituents is 2. The van der Waals surface area contributed by atoms with Crippen molar-refractivity contribution in [3.8, 4) is 11.5 Å². The largest absolute Gasteiger partial charge is 0.507 e. The molecule has 0 unspecified atom stereocenters. The number of hydrogen-bond acceptors (Lipinski definition) is 6. The second-order valence-corrected chi connectivity index (χ2v) is 11.4. The molecule has 1 heterocycles. The van der Waals surface area contributed by atoms with Crippen molar-refractivity contribution in [1.29, 1.82) is 0 Å². The Morgan fingerprint density at radius 2 is 0.750 bits per heavy atom. The predicted octanol–water partition coefficient (Wildman–Crippen LogP) is 4.41. The molecule has 6 N–H and O–H groups in total. The molecule has 0 radical (unpaired) electrons. The van der Waals surface area contributed by atoms with Crippen LogP contribution >= 0.6 is 0 Å². The van der Waals surface area contributed by atoms with Crippen molar-refractivity contribution in [2.45, 2.75) is 116 Å². The highest BCUT2D eigenvalue weighted by Gasteiger charge is 2.27. The average molecular weight is 493 g/mol. The Labute approximate surface area is 216 Å². The van der Waals surface area contributed by atoms with Crippen molar-refractivity contribution in [2.75, 3.05) is 0 Å². The second-order valence-electron chi connectivity index (χ2n) is 11.4. The topological polar surface area (TPSA) is 88.6 Å². The highest BCUT2D eigenvalue weighted by Crippen LogP contribution is 2.29. The summed E-state index contributed by atoms with van der Waals surface area (Å²) in [6.45, 7) is 6.90. The molecule has 2 saturated carbocycles. The molecule has 6 nitrogen and oxygen atoms in total. The van der Waals surface area contributed by atoms with Crippen molar-refractivity contribution in [2.24, 2.45) is 0 Å². The summed E-state index contributed by atoms with van der Waals surface area (Å²) in [7, 11) is 0. The molecule has 0 aromatic heterocycles. The van der Waals surface area contributed by atoms with Crippen LogP contribution in [0, 0.1) is 13.8 Å². The van der Waals surface area contributed by atoms with Crippen molar-refractivity contribution >= 4 is 0 Å². The summed E-state index contributed by atoms with van der Waals surface area (Å²) in [5.41, 5.74) is 6.31. The van der Waals surface area contributed by atoms with Crippen LogP contribution in [0.25, 0.3) is 0 Å². The predicted molar refractivity (Wildman–Crippen MR) is 145 cm³/mol. The lowest BCUT2D eigenvalue weighted by atomic mass is 9.89. The lowest BCUT2D eigenvalue weighted by Crippen LogP contribution is -2.49. The van der Waals surface area contributed by atoms with E-state index in [0.29, 0.717) is 61.8 Å². The molecule has 0 amide bonds. The molecule has 36 heavy (non-hydrogen) atoms. The van der Waals surface area contributed by atoms with Gasteiger partial charge in [-0.1, -0.05) is 61.1 Å². The van der Waals surface area contributed by atoms with E-state index in [4.69, 9.17) is 0 Å². The van der Waals surface area contributed by atoms with Crippen LogP contribution in [0.3, 0.4) is 0 Å². The van der Waals surface area contributed by atoms with E-state index in [-0.39, 0.29) is 0 Å². The molecule has 2 aliphatic carbocycles. The SMILES string of the molecule is Cc1cc2c(O)c(c1)CN[C@@H]1CCCC[C@H]1NCc1cc(C)cc(c1O)CN[C@@H]1CCCC[C@H]1NC2. The van der Waals surface area contributed by atoms with Crippen LogP contribution in [0.2, 0.25) is 0 Å². The van der Waals surface area contributed by atoms with Crippen molar-refractivity contribution in [3.63, 3.8) is 0 Å². The number of benzene rings is 2. The molecule has 4 bridgehead atoms. The Hall–Kier alpha value is -2.12. The first-order chi connectivity index (χ1) is 17.5. The Morgan fingerprint density at radius 3 is 1.00 bits per heavy atom. The van der Waals surface area contributed by atoms with E-state index < -0.39 is 0 Å². The van der Waals surface area contributed by atoms with Crippen molar-refractivity contribution in [1.82, 2.24) is 21.3 Å². The monoisotopic (exact) mass is 492 g/mol. The van der Waals surface area contributed by atoms with Crippen LogP contribution in [0.4, 0.5) is 0 Å². The third-order valence-corrected chi connectivity index (χ3v) is 8.57. The molecule has 6 heteroatoms. The fourth-order valence-electron chi connectivity index (χ4n) is 6.61. The molecule has 0 saturated heterocycles. The summed E-state index contributed by atoms with van der Waals surface area (Å²) >= 11 is 0. The summed E-state index contributed by atoms with van der Waals surface area (Å²) in [6.07, 6.45) is 9.37. The van der Waals surface area contributed by atoms with Gasteiger partial charge >= 0.3 is 0 Å².